The van der Waals surface area contributed by atoms with Crippen LogP contribution < -0.4 is 21.7 Å². The first kappa shape index (κ1) is 27.6. The highest BCUT2D eigenvalue weighted by Gasteiger charge is 2.30. The van der Waals surface area contributed by atoms with Gasteiger partial charge >= 0.3 is 0 Å². The van der Waals surface area contributed by atoms with Crippen molar-refractivity contribution in [3.63, 3.8) is 0 Å². The van der Waals surface area contributed by atoms with Crippen LogP contribution in [0.4, 0.5) is 44.0 Å². The van der Waals surface area contributed by atoms with Crippen molar-refractivity contribution in [3.8, 4) is 0 Å². The van der Waals surface area contributed by atoms with Gasteiger partial charge in [-0.25, -0.2) is 22.0 Å². The Hall–Kier alpha value is -4.45. The van der Waals surface area contributed by atoms with E-state index in [0.717, 1.165) is 16.7 Å². The lowest BCUT2D eigenvalue weighted by atomic mass is 10.1. The number of benzene rings is 3. The van der Waals surface area contributed by atoms with Gasteiger partial charge in [-0.15, -0.1) is 11.3 Å². The fourth-order valence-corrected chi connectivity index (χ4v) is 4.66. The highest BCUT2D eigenvalue weighted by Crippen LogP contribution is 2.39. The summed E-state index contributed by atoms with van der Waals surface area (Å²) in [5.41, 5.74) is 7.42. The largest absolute Gasteiger partial charge is 0.397 e. The van der Waals surface area contributed by atoms with Crippen LogP contribution in [0.15, 0.2) is 48.5 Å². The summed E-state index contributed by atoms with van der Waals surface area (Å²) in [7, 11) is 0. The maximum atomic E-state index is 14.2. The molecule has 4 rings (SSSR count). The third-order valence-electron chi connectivity index (χ3n) is 5.89. The Morgan fingerprint density at radius 3 is 2.05 bits per heavy atom. The summed E-state index contributed by atoms with van der Waals surface area (Å²) >= 11 is 0.676. The molecular weight excluding hydrogens is 539 g/mol. The van der Waals surface area contributed by atoms with Crippen molar-refractivity contribution in [3.05, 3.63) is 105 Å². The van der Waals surface area contributed by atoms with Crippen LogP contribution in [0, 0.1) is 42.9 Å². The summed E-state index contributed by atoms with van der Waals surface area (Å²) in [5, 5.41) is 7.55. The Balaban J connectivity index is 1.72. The molecule has 0 bridgehead atoms. The van der Waals surface area contributed by atoms with Gasteiger partial charge < -0.3 is 21.7 Å². The lowest BCUT2D eigenvalue weighted by molar-refractivity contribution is 0.0953. The summed E-state index contributed by atoms with van der Waals surface area (Å²) in [4.78, 5) is 25.8. The molecule has 0 aliphatic rings. The summed E-state index contributed by atoms with van der Waals surface area (Å²) < 4.78 is 69.0. The van der Waals surface area contributed by atoms with E-state index in [9.17, 15) is 31.5 Å². The molecule has 0 atom stereocenters. The number of carbonyl (C=O) groups is 2. The minimum atomic E-state index is -2.36. The molecule has 202 valence electrons. The first-order valence-electron chi connectivity index (χ1n) is 11.4. The average Bonchev–Trinajstić information content (AvgIpc) is 3.25. The van der Waals surface area contributed by atoms with Gasteiger partial charge in [-0.1, -0.05) is 36.4 Å². The van der Waals surface area contributed by atoms with E-state index in [0.29, 0.717) is 17.0 Å². The number of rotatable bonds is 7. The Bertz CT molecular complexity index is 1560. The number of nitrogen functional groups attached to an aromatic ring is 1. The molecule has 0 unspecified atom stereocenters. The van der Waals surface area contributed by atoms with Gasteiger partial charge in [-0.2, -0.15) is 0 Å². The van der Waals surface area contributed by atoms with E-state index in [1.807, 2.05) is 26.0 Å². The summed E-state index contributed by atoms with van der Waals surface area (Å²) in [6, 6.07) is 14.3. The smallest absolute Gasteiger partial charge is 0.268 e. The molecule has 5 N–H and O–H groups in total. The monoisotopic (exact) mass is 560 g/mol. The molecule has 0 saturated heterocycles. The second kappa shape index (κ2) is 11.1. The lowest BCUT2D eigenvalue weighted by Crippen LogP contribution is -2.24. The zero-order valence-corrected chi connectivity index (χ0v) is 21.3. The van der Waals surface area contributed by atoms with Gasteiger partial charge in [0.15, 0.2) is 23.3 Å². The lowest BCUT2D eigenvalue weighted by Gasteiger charge is -2.11. The van der Waals surface area contributed by atoms with Crippen LogP contribution in [0.2, 0.25) is 0 Å². The van der Waals surface area contributed by atoms with Gasteiger partial charge in [0, 0.05) is 12.2 Å². The number of carbonyl (C=O) groups excluding carboxylic acids is 2. The van der Waals surface area contributed by atoms with Crippen molar-refractivity contribution in [2.45, 2.75) is 20.4 Å². The predicted molar refractivity (Wildman–Crippen MR) is 140 cm³/mol. The van der Waals surface area contributed by atoms with E-state index in [2.05, 4.69) is 10.6 Å². The first-order valence-corrected chi connectivity index (χ1v) is 12.2. The Morgan fingerprint density at radius 1 is 0.821 bits per heavy atom. The number of halogens is 5. The summed E-state index contributed by atoms with van der Waals surface area (Å²) in [6.45, 7) is 3.91. The molecule has 0 aliphatic carbocycles. The molecule has 4 aromatic rings. The Kier molecular flexibility index (Phi) is 7.86. The van der Waals surface area contributed by atoms with Crippen LogP contribution in [0.5, 0.6) is 0 Å². The fraction of sp³-hybridized carbons (Fsp3) is 0.111. The fourth-order valence-electron chi connectivity index (χ4n) is 3.63. The van der Waals surface area contributed by atoms with Gasteiger partial charge in [-0.05, 0) is 42.7 Å². The second-order valence-corrected chi connectivity index (χ2v) is 9.56. The van der Waals surface area contributed by atoms with Crippen LogP contribution in [-0.2, 0) is 6.54 Å². The van der Waals surface area contributed by atoms with E-state index in [-0.39, 0.29) is 27.7 Å². The topological polar surface area (TPSA) is 96.2 Å². The third-order valence-corrected chi connectivity index (χ3v) is 7.01. The van der Waals surface area contributed by atoms with Crippen molar-refractivity contribution >= 4 is 45.2 Å². The Labute approximate surface area is 223 Å². The highest BCUT2D eigenvalue weighted by atomic mass is 32.1. The molecule has 1 aromatic heterocycles. The number of hydrogen-bond donors (Lipinski definition) is 4. The molecule has 2 amide bonds. The number of nitrogens with one attached hydrogen (secondary N) is 3. The van der Waals surface area contributed by atoms with Crippen LogP contribution in [0.25, 0.3) is 0 Å². The maximum absolute atomic E-state index is 14.2. The summed E-state index contributed by atoms with van der Waals surface area (Å²) in [5.74, 6) is -13.2. The highest BCUT2D eigenvalue weighted by molar-refractivity contribution is 7.19. The van der Waals surface area contributed by atoms with Crippen molar-refractivity contribution in [1.82, 2.24) is 5.32 Å². The molecule has 39 heavy (non-hydrogen) atoms. The van der Waals surface area contributed by atoms with Crippen LogP contribution in [0.1, 0.15) is 36.7 Å². The predicted octanol–water partition coefficient (Wildman–Crippen LogP) is 6.57. The van der Waals surface area contributed by atoms with Gasteiger partial charge in [0.05, 0.1) is 11.3 Å². The minimum Gasteiger partial charge on any atom is -0.397 e. The zero-order chi connectivity index (χ0) is 28.4. The number of aryl methyl sites for hydroxylation is 2. The van der Waals surface area contributed by atoms with Crippen LogP contribution >= 0.6 is 11.3 Å². The number of amides is 2. The number of thiophene rings is 1. The van der Waals surface area contributed by atoms with Crippen LogP contribution in [0.3, 0.4) is 0 Å². The number of anilines is 4. The van der Waals surface area contributed by atoms with E-state index >= 15 is 0 Å². The maximum Gasteiger partial charge on any atom is 0.268 e. The molecular formula is C27H21F5N4O2S. The molecule has 0 aliphatic heterocycles. The first-order chi connectivity index (χ1) is 18.5. The molecule has 0 saturated carbocycles. The summed E-state index contributed by atoms with van der Waals surface area (Å²) in [6.07, 6.45) is 0. The second-order valence-electron chi connectivity index (χ2n) is 8.54. The number of hydrogen-bond acceptors (Lipinski definition) is 5. The van der Waals surface area contributed by atoms with E-state index in [1.54, 1.807) is 41.7 Å². The standard InChI is InChI=1S/C27H21F5N4O2S/c1-12-8-9-15(10-13(12)2)35-27-16(25(37)34-11-14-6-4-3-5-7-14)22(33)24(39-27)26(38)36-23-20(31)18(29)17(28)19(30)21(23)32/h3-10,35H,11,33H2,1-2H3,(H,34,37)(H,36,38). The molecule has 12 heteroatoms. The molecule has 0 spiro atoms. The third kappa shape index (κ3) is 5.55. The molecule has 0 fully saturated rings. The molecule has 3 aromatic carbocycles. The molecule has 0 radical (unpaired) electrons. The van der Waals surface area contributed by atoms with Crippen molar-refractivity contribution in [1.29, 1.82) is 0 Å². The minimum absolute atomic E-state index is 0.128. The van der Waals surface area contributed by atoms with Gasteiger partial charge in [0.2, 0.25) is 5.82 Å². The molecule has 1 heterocycles. The van der Waals surface area contributed by atoms with Gasteiger partial charge in [0.1, 0.15) is 15.6 Å². The quantitative estimate of drug-likeness (QED) is 0.117. The van der Waals surface area contributed by atoms with Crippen molar-refractivity contribution < 1.29 is 31.5 Å². The SMILES string of the molecule is Cc1ccc(Nc2sc(C(=O)Nc3c(F)c(F)c(F)c(F)c3F)c(N)c2C(=O)NCc2ccccc2)cc1C. The van der Waals surface area contributed by atoms with Crippen molar-refractivity contribution in [2.75, 3.05) is 16.4 Å². The Morgan fingerprint density at radius 2 is 1.44 bits per heavy atom. The average molecular weight is 561 g/mol. The van der Waals surface area contributed by atoms with Crippen molar-refractivity contribution in [2.24, 2.45) is 0 Å². The zero-order valence-electron chi connectivity index (χ0n) is 20.5. The van der Waals surface area contributed by atoms with Crippen LogP contribution in [-0.4, -0.2) is 11.8 Å². The number of nitrogens with two attached hydrogens (primary N) is 1. The van der Waals surface area contributed by atoms with E-state index < -0.39 is 46.6 Å². The van der Waals surface area contributed by atoms with Gasteiger partial charge in [0.25, 0.3) is 11.8 Å². The van der Waals surface area contributed by atoms with E-state index in [1.165, 1.54) is 0 Å². The van der Waals surface area contributed by atoms with E-state index in [4.69, 9.17) is 5.73 Å². The normalized spacial score (nSPS) is 10.8. The van der Waals surface area contributed by atoms with Gasteiger partial charge in [-0.3, -0.25) is 9.59 Å². The molecule has 6 nitrogen and oxygen atoms in total.